The molecule has 132 valence electrons. The molecule has 1 unspecified atom stereocenters. The summed E-state index contributed by atoms with van der Waals surface area (Å²) in [6, 6.07) is 4.79. The quantitative estimate of drug-likeness (QED) is 0.750. The molecule has 1 atom stereocenters. The molecular formula is C16H17FN4O3S. The molecule has 3 aromatic rings. The lowest BCUT2D eigenvalue weighted by Crippen LogP contribution is -2.31. The van der Waals surface area contributed by atoms with Gasteiger partial charge >= 0.3 is 0 Å². The van der Waals surface area contributed by atoms with Gasteiger partial charge < -0.3 is 9.09 Å². The number of imidazole rings is 1. The highest BCUT2D eigenvalue weighted by molar-refractivity contribution is 7.89. The van der Waals surface area contributed by atoms with E-state index in [-0.39, 0.29) is 16.3 Å². The van der Waals surface area contributed by atoms with Gasteiger partial charge in [-0.3, -0.25) is 0 Å². The maximum atomic E-state index is 13.3. The third-order valence-corrected chi connectivity index (χ3v) is 5.50. The highest BCUT2D eigenvalue weighted by Crippen LogP contribution is 2.26. The lowest BCUT2D eigenvalue weighted by atomic mass is 10.1. The molecule has 0 aliphatic heterocycles. The van der Waals surface area contributed by atoms with E-state index in [0.29, 0.717) is 11.4 Å². The average Bonchev–Trinajstić information content (AvgIpc) is 3.12. The van der Waals surface area contributed by atoms with Crippen molar-refractivity contribution < 1.29 is 17.3 Å². The standard InChI is InChI=1S/C16H17FN4O3S/c1-10-15(11(2)24-19-10)25(22,23)20-14(16-18-8-9-21(16)3)12-4-6-13(17)7-5-12/h4-9,14,20H,1-3H3. The van der Waals surface area contributed by atoms with Crippen LogP contribution in [-0.2, 0) is 17.1 Å². The van der Waals surface area contributed by atoms with Crippen molar-refractivity contribution in [2.45, 2.75) is 24.8 Å². The van der Waals surface area contributed by atoms with Crippen LogP contribution in [-0.4, -0.2) is 23.1 Å². The highest BCUT2D eigenvalue weighted by Gasteiger charge is 2.30. The van der Waals surface area contributed by atoms with Crippen molar-refractivity contribution in [2.24, 2.45) is 7.05 Å². The molecule has 25 heavy (non-hydrogen) atoms. The predicted octanol–water partition coefficient (Wildman–Crippen LogP) is 2.23. The molecule has 0 fully saturated rings. The molecule has 0 radical (unpaired) electrons. The fraction of sp³-hybridized carbons (Fsp3) is 0.250. The van der Waals surface area contributed by atoms with E-state index in [1.807, 2.05) is 0 Å². The molecule has 0 aliphatic rings. The Morgan fingerprint density at radius 3 is 2.44 bits per heavy atom. The molecule has 7 nitrogen and oxygen atoms in total. The van der Waals surface area contributed by atoms with Gasteiger partial charge in [0.25, 0.3) is 0 Å². The maximum Gasteiger partial charge on any atom is 0.246 e. The molecule has 9 heteroatoms. The zero-order chi connectivity index (χ0) is 18.2. The van der Waals surface area contributed by atoms with Crippen LogP contribution in [0.3, 0.4) is 0 Å². The summed E-state index contributed by atoms with van der Waals surface area (Å²) in [5.74, 6) is 0.264. The summed E-state index contributed by atoms with van der Waals surface area (Å²) in [7, 11) is -2.18. The average molecular weight is 364 g/mol. The van der Waals surface area contributed by atoms with Crippen LogP contribution in [0.2, 0.25) is 0 Å². The van der Waals surface area contributed by atoms with Crippen molar-refractivity contribution >= 4 is 10.0 Å². The summed E-state index contributed by atoms with van der Waals surface area (Å²) >= 11 is 0. The molecule has 0 aliphatic carbocycles. The zero-order valence-electron chi connectivity index (χ0n) is 13.9. The van der Waals surface area contributed by atoms with Crippen LogP contribution in [0.1, 0.15) is 28.9 Å². The normalized spacial score (nSPS) is 13.1. The van der Waals surface area contributed by atoms with Gasteiger partial charge in [-0.15, -0.1) is 0 Å². The van der Waals surface area contributed by atoms with Gasteiger partial charge in [0.05, 0.1) is 0 Å². The third kappa shape index (κ3) is 3.33. The summed E-state index contributed by atoms with van der Waals surface area (Å²) in [6.45, 7) is 3.08. The Labute approximate surface area is 144 Å². The second-order valence-electron chi connectivity index (χ2n) is 5.66. The highest BCUT2D eigenvalue weighted by atomic mass is 32.2. The van der Waals surface area contributed by atoms with Crippen LogP contribution in [0, 0.1) is 19.7 Å². The van der Waals surface area contributed by atoms with Crippen molar-refractivity contribution in [1.82, 2.24) is 19.4 Å². The van der Waals surface area contributed by atoms with E-state index in [1.165, 1.54) is 31.2 Å². The van der Waals surface area contributed by atoms with Crippen LogP contribution in [0.15, 0.2) is 46.1 Å². The summed E-state index contributed by atoms with van der Waals surface area (Å²) in [6.07, 6.45) is 3.27. The van der Waals surface area contributed by atoms with Crippen molar-refractivity contribution in [2.75, 3.05) is 0 Å². The summed E-state index contributed by atoms with van der Waals surface area (Å²) in [5, 5.41) is 3.69. The Kier molecular flexibility index (Phi) is 4.44. The van der Waals surface area contributed by atoms with Crippen molar-refractivity contribution in [3.05, 3.63) is 65.3 Å². The molecule has 0 saturated heterocycles. The van der Waals surface area contributed by atoms with E-state index in [9.17, 15) is 12.8 Å². The molecule has 0 amide bonds. The molecule has 0 bridgehead atoms. The van der Waals surface area contributed by atoms with E-state index in [4.69, 9.17) is 4.52 Å². The number of aromatic nitrogens is 3. The van der Waals surface area contributed by atoms with Gasteiger partial charge in [-0.25, -0.2) is 17.8 Å². The van der Waals surface area contributed by atoms with E-state index >= 15 is 0 Å². The predicted molar refractivity (Wildman–Crippen MR) is 87.7 cm³/mol. The van der Waals surface area contributed by atoms with Gasteiger partial charge in [0.15, 0.2) is 5.76 Å². The van der Waals surface area contributed by atoms with Crippen LogP contribution in [0.4, 0.5) is 4.39 Å². The van der Waals surface area contributed by atoms with E-state index in [1.54, 1.807) is 30.9 Å². The number of rotatable bonds is 5. The Bertz CT molecular complexity index is 973. The van der Waals surface area contributed by atoms with E-state index in [2.05, 4.69) is 14.9 Å². The fourth-order valence-corrected chi connectivity index (χ4v) is 4.16. The maximum absolute atomic E-state index is 13.3. The SMILES string of the molecule is Cc1noc(C)c1S(=O)(=O)NC(c1ccc(F)cc1)c1nccn1C. The summed E-state index contributed by atoms with van der Waals surface area (Å²) in [4.78, 5) is 4.22. The number of halogens is 1. The minimum atomic E-state index is -3.93. The zero-order valence-corrected chi connectivity index (χ0v) is 14.7. The van der Waals surface area contributed by atoms with Gasteiger partial charge in [0.2, 0.25) is 10.0 Å². The summed E-state index contributed by atoms with van der Waals surface area (Å²) < 4.78 is 48.3. The minimum absolute atomic E-state index is 0.00572. The molecule has 2 heterocycles. The Morgan fingerprint density at radius 1 is 1.24 bits per heavy atom. The third-order valence-electron chi connectivity index (χ3n) is 3.83. The Balaban J connectivity index is 2.07. The van der Waals surface area contributed by atoms with Crippen LogP contribution in [0.5, 0.6) is 0 Å². The number of aryl methyl sites for hydroxylation is 3. The molecule has 1 aromatic carbocycles. The van der Waals surface area contributed by atoms with E-state index in [0.717, 1.165) is 0 Å². The first-order valence-corrected chi connectivity index (χ1v) is 8.96. The lowest BCUT2D eigenvalue weighted by molar-refractivity contribution is 0.390. The monoisotopic (exact) mass is 364 g/mol. The fourth-order valence-electron chi connectivity index (χ4n) is 2.65. The number of hydrogen-bond acceptors (Lipinski definition) is 5. The first-order chi connectivity index (χ1) is 11.8. The topological polar surface area (TPSA) is 90.0 Å². The van der Waals surface area contributed by atoms with Crippen molar-refractivity contribution in [3.8, 4) is 0 Å². The van der Waals surface area contributed by atoms with Gasteiger partial charge in [-0.2, -0.15) is 4.72 Å². The molecular weight excluding hydrogens is 347 g/mol. The molecule has 0 spiro atoms. The van der Waals surface area contributed by atoms with Crippen LogP contribution >= 0.6 is 0 Å². The lowest BCUT2D eigenvalue weighted by Gasteiger charge is -2.19. The second-order valence-corrected chi connectivity index (χ2v) is 7.31. The Hall–Kier alpha value is -2.52. The molecule has 1 N–H and O–H groups in total. The second kappa shape index (κ2) is 6.41. The van der Waals surface area contributed by atoms with Gasteiger partial charge in [-0.1, -0.05) is 17.3 Å². The van der Waals surface area contributed by atoms with Crippen molar-refractivity contribution in [3.63, 3.8) is 0 Å². The first-order valence-electron chi connectivity index (χ1n) is 7.47. The molecule has 2 aromatic heterocycles. The largest absolute Gasteiger partial charge is 0.360 e. The van der Waals surface area contributed by atoms with Crippen molar-refractivity contribution in [1.29, 1.82) is 0 Å². The number of nitrogens with one attached hydrogen (secondary N) is 1. The van der Waals surface area contributed by atoms with Crippen LogP contribution in [0.25, 0.3) is 0 Å². The van der Waals surface area contributed by atoms with Gasteiger partial charge in [-0.05, 0) is 31.5 Å². The molecule has 0 saturated carbocycles. The number of sulfonamides is 1. The van der Waals surface area contributed by atoms with Crippen LogP contribution < -0.4 is 4.72 Å². The van der Waals surface area contributed by atoms with Gasteiger partial charge in [0, 0.05) is 19.4 Å². The number of hydrogen-bond donors (Lipinski definition) is 1. The number of benzene rings is 1. The smallest absolute Gasteiger partial charge is 0.246 e. The number of nitrogens with zero attached hydrogens (tertiary/aromatic N) is 3. The first kappa shape index (κ1) is 17.3. The Morgan fingerprint density at radius 2 is 1.92 bits per heavy atom. The summed E-state index contributed by atoms with van der Waals surface area (Å²) in [5.41, 5.74) is 0.828. The van der Waals surface area contributed by atoms with E-state index < -0.39 is 21.9 Å². The minimum Gasteiger partial charge on any atom is -0.360 e. The molecule has 3 rings (SSSR count). The van der Waals surface area contributed by atoms with Gasteiger partial charge in [0.1, 0.15) is 28.3 Å².